The molecule has 0 atom stereocenters. The first kappa shape index (κ1) is 22.9. The van der Waals surface area contributed by atoms with Crippen molar-refractivity contribution in [3.05, 3.63) is 112 Å². The molecule has 5 aromatic rings. The SMILES string of the molecule is Cc1cc(=O)oc2cc(OCc3ccc(C(=O)NNC(=O)c4cn(C)c5ccccc45)cc3)ccc12. The lowest BCUT2D eigenvalue weighted by atomic mass is 10.1. The summed E-state index contributed by atoms with van der Waals surface area (Å²) in [4.78, 5) is 36.8. The van der Waals surface area contributed by atoms with E-state index in [1.54, 1.807) is 36.5 Å². The molecule has 0 aliphatic carbocycles. The molecule has 5 rings (SSSR count). The van der Waals surface area contributed by atoms with Gasteiger partial charge in [-0.05, 0) is 48.4 Å². The number of para-hydroxylation sites is 1. The maximum atomic E-state index is 12.6. The zero-order valence-corrected chi connectivity index (χ0v) is 19.7. The second-order valence-corrected chi connectivity index (χ2v) is 8.47. The molecule has 0 unspecified atom stereocenters. The number of aryl methyl sites for hydroxylation is 2. The van der Waals surface area contributed by atoms with Gasteiger partial charge >= 0.3 is 5.63 Å². The van der Waals surface area contributed by atoms with E-state index < -0.39 is 17.4 Å². The van der Waals surface area contributed by atoms with Gasteiger partial charge in [0.15, 0.2) is 0 Å². The Morgan fingerprint density at radius 3 is 2.47 bits per heavy atom. The van der Waals surface area contributed by atoms with Gasteiger partial charge in [0.25, 0.3) is 11.8 Å². The molecule has 8 heteroatoms. The fraction of sp³-hybridized carbons (Fsp3) is 0.107. The summed E-state index contributed by atoms with van der Waals surface area (Å²) in [6, 6.07) is 21.2. The Bertz CT molecular complexity index is 1670. The molecule has 0 spiro atoms. The molecule has 0 aliphatic rings. The number of ether oxygens (including phenoxy) is 1. The van der Waals surface area contributed by atoms with Crippen molar-refractivity contribution in [3.8, 4) is 5.75 Å². The average Bonchev–Trinajstić information content (AvgIpc) is 3.22. The lowest BCUT2D eigenvalue weighted by Crippen LogP contribution is -2.41. The second kappa shape index (κ2) is 9.42. The van der Waals surface area contributed by atoms with Crippen molar-refractivity contribution in [3.63, 3.8) is 0 Å². The van der Waals surface area contributed by atoms with Crippen molar-refractivity contribution in [2.75, 3.05) is 0 Å². The van der Waals surface area contributed by atoms with Gasteiger partial charge in [0.05, 0.1) is 5.56 Å². The van der Waals surface area contributed by atoms with Gasteiger partial charge in [-0.3, -0.25) is 20.4 Å². The van der Waals surface area contributed by atoms with Crippen LogP contribution < -0.4 is 21.2 Å². The first-order chi connectivity index (χ1) is 17.4. The van der Waals surface area contributed by atoms with Crippen LogP contribution in [0.4, 0.5) is 0 Å². The fourth-order valence-corrected chi connectivity index (χ4v) is 4.09. The average molecular weight is 482 g/mol. The molecule has 180 valence electrons. The highest BCUT2D eigenvalue weighted by molar-refractivity contribution is 6.08. The summed E-state index contributed by atoms with van der Waals surface area (Å²) in [7, 11) is 1.86. The number of carbonyl (C=O) groups is 2. The van der Waals surface area contributed by atoms with Gasteiger partial charge in [-0.1, -0.05) is 30.3 Å². The molecular weight excluding hydrogens is 458 g/mol. The summed E-state index contributed by atoms with van der Waals surface area (Å²) in [6.45, 7) is 2.12. The molecular formula is C28H23N3O5. The summed E-state index contributed by atoms with van der Waals surface area (Å²) in [5.41, 5.74) is 8.48. The van der Waals surface area contributed by atoms with Gasteiger partial charge in [0, 0.05) is 47.2 Å². The topological polar surface area (TPSA) is 103 Å². The third-order valence-corrected chi connectivity index (χ3v) is 5.98. The van der Waals surface area contributed by atoms with E-state index in [4.69, 9.17) is 9.15 Å². The normalized spacial score (nSPS) is 10.9. The van der Waals surface area contributed by atoms with E-state index in [1.165, 1.54) is 6.07 Å². The number of carbonyl (C=O) groups excluding carboxylic acids is 2. The quantitative estimate of drug-likeness (QED) is 0.289. The number of rotatable bonds is 5. The van der Waals surface area contributed by atoms with Crippen LogP contribution in [0, 0.1) is 6.92 Å². The smallest absolute Gasteiger partial charge is 0.336 e. The molecule has 2 heterocycles. The molecule has 0 saturated heterocycles. The third kappa shape index (κ3) is 4.56. The van der Waals surface area contributed by atoms with Crippen molar-refractivity contribution in [2.24, 2.45) is 7.05 Å². The van der Waals surface area contributed by atoms with Gasteiger partial charge in [-0.25, -0.2) is 4.79 Å². The Kier molecular flexibility index (Phi) is 6.00. The zero-order chi connectivity index (χ0) is 25.2. The Morgan fingerprint density at radius 2 is 1.67 bits per heavy atom. The minimum Gasteiger partial charge on any atom is -0.489 e. The first-order valence-corrected chi connectivity index (χ1v) is 11.3. The summed E-state index contributed by atoms with van der Waals surface area (Å²) in [5.74, 6) is -0.267. The van der Waals surface area contributed by atoms with Crippen LogP contribution in [0.15, 0.2) is 88.2 Å². The Hall–Kier alpha value is -4.85. The van der Waals surface area contributed by atoms with Gasteiger partial charge in [-0.15, -0.1) is 0 Å². The third-order valence-electron chi connectivity index (χ3n) is 5.98. The second-order valence-electron chi connectivity index (χ2n) is 8.47. The lowest BCUT2D eigenvalue weighted by molar-refractivity contribution is 0.0847. The summed E-state index contributed by atoms with van der Waals surface area (Å²) in [5, 5.41) is 1.66. The molecule has 2 N–H and O–H groups in total. The van der Waals surface area contributed by atoms with Crippen LogP contribution >= 0.6 is 0 Å². The number of aromatic nitrogens is 1. The highest BCUT2D eigenvalue weighted by atomic mass is 16.5. The van der Waals surface area contributed by atoms with E-state index in [-0.39, 0.29) is 6.61 Å². The number of hydrogen-bond donors (Lipinski definition) is 2. The molecule has 3 aromatic carbocycles. The molecule has 0 saturated carbocycles. The molecule has 36 heavy (non-hydrogen) atoms. The van der Waals surface area contributed by atoms with Gasteiger partial charge in [0.2, 0.25) is 0 Å². The zero-order valence-electron chi connectivity index (χ0n) is 19.7. The Labute approximate surface area is 206 Å². The van der Waals surface area contributed by atoms with Crippen molar-refractivity contribution < 1.29 is 18.7 Å². The summed E-state index contributed by atoms with van der Waals surface area (Å²) in [6.07, 6.45) is 1.73. The van der Waals surface area contributed by atoms with Crippen molar-refractivity contribution in [1.82, 2.24) is 15.4 Å². The Balaban J connectivity index is 1.19. The highest BCUT2D eigenvalue weighted by Gasteiger charge is 2.15. The van der Waals surface area contributed by atoms with Crippen molar-refractivity contribution in [1.29, 1.82) is 0 Å². The van der Waals surface area contributed by atoms with E-state index in [0.717, 1.165) is 27.4 Å². The van der Waals surface area contributed by atoms with Gasteiger partial charge in [-0.2, -0.15) is 0 Å². The number of amides is 2. The number of hydrogen-bond acceptors (Lipinski definition) is 5. The van der Waals surface area contributed by atoms with E-state index in [9.17, 15) is 14.4 Å². The summed E-state index contributed by atoms with van der Waals surface area (Å²) < 4.78 is 12.9. The predicted molar refractivity (Wildman–Crippen MR) is 136 cm³/mol. The van der Waals surface area contributed by atoms with Crippen LogP contribution in [-0.2, 0) is 13.7 Å². The van der Waals surface area contributed by atoms with Gasteiger partial charge in [0.1, 0.15) is 17.9 Å². The largest absolute Gasteiger partial charge is 0.489 e. The molecule has 0 aliphatic heterocycles. The molecule has 0 bridgehead atoms. The van der Waals surface area contributed by atoms with E-state index in [1.807, 2.05) is 54.9 Å². The maximum Gasteiger partial charge on any atom is 0.336 e. The summed E-state index contributed by atoms with van der Waals surface area (Å²) >= 11 is 0. The molecule has 0 radical (unpaired) electrons. The predicted octanol–water partition coefficient (Wildman–Crippen LogP) is 4.25. The minimum absolute atomic E-state index is 0.265. The maximum absolute atomic E-state index is 12.6. The van der Waals surface area contributed by atoms with Crippen LogP contribution in [-0.4, -0.2) is 16.4 Å². The lowest BCUT2D eigenvalue weighted by Gasteiger charge is -2.09. The van der Waals surface area contributed by atoms with E-state index in [2.05, 4.69) is 10.9 Å². The number of nitrogens with zero attached hydrogens (tertiary/aromatic N) is 1. The van der Waals surface area contributed by atoms with Crippen LogP contribution in [0.25, 0.3) is 21.9 Å². The van der Waals surface area contributed by atoms with Crippen LogP contribution in [0.3, 0.4) is 0 Å². The van der Waals surface area contributed by atoms with E-state index in [0.29, 0.717) is 22.5 Å². The monoisotopic (exact) mass is 481 g/mol. The van der Waals surface area contributed by atoms with Crippen LogP contribution in [0.5, 0.6) is 5.75 Å². The first-order valence-electron chi connectivity index (χ1n) is 11.3. The highest BCUT2D eigenvalue weighted by Crippen LogP contribution is 2.23. The minimum atomic E-state index is -0.434. The molecule has 8 nitrogen and oxygen atoms in total. The van der Waals surface area contributed by atoms with Crippen molar-refractivity contribution >= 4 is 33.7 Å². The number of nitrogens with one attached hydrogen (secondary N) is 2. The number of hydrazine groups is 1. The Morgan fingerprint density at radius 1 is 0.917 bits per heavy atom. The van der Waals surface area contributed by atoms with Crippen molar-refractivity contribution in [2.45, 2.75) is 13.5 Å². The number of fused-ring (bicyclic) bond motifs is 2. The fourth-order valence-electron chi connectivity index (χ4n) is 4.09. The standard InChI is InChI=1S/C28H23N3O5/c1-17-13-26(32)36-25-14-20(11-12-21(17)25)35-16-18-7-9-19(10-8-18)27(33)29-30-28(34)23-15-31(2)24-6-4-3-5-22(23)24/h3-15H,16H2,1-2H3,(H,29,33)(H,30,34). The molecule has 0 fully saturated rings. The van der Waals surface area contributed by atoms with Crippen LogP contribution in [0.2, 0.25) is 0 Å². The number of benzene rings is 3. The van der Waals surface area contributed by atoms with E-state index >= 15 is 0 Å². The molecule has 2 aromatic heterocycles. The molecule has 2 amide bonds. The van der Waals surface area contributed by atoms with Crippen LogP contribution in [0.1, 0.15) is 31.8 Å². The van der Waals surface area contributed by atoms with Gasteiger partial charge < -0.3 is 13.7 Å².